The van der Waals surface area contributed by atoms with E-state index in [1.165, 1.54) is 11.8 Å². The topological polar surface area (TPSA) is 75.7 Å². The maximum Gasteiger partial charge on any atom is 0.412 e. The minimum Gasteiger partial charge on any atom is -0.444 e. The summed E-state index contributed by atoms with van der Waals surface area (Å²) in [5.41, 5.74) is 2.11. The Morgan fingerprint density at radius 3 is 2.67 bits per heavy atom. The van der Waals surface area contributed by atoms with Crippen molar-refractivity contribution in [1.82, 2.24) is 4.90 Å². The Morgan fingerprint density at radius 1 is 1.33 bits per heavy atom. The lowest BCUT2D eigenvalue weighted by Gasteiger charge is -2.21. The fraction of sp³-hybridized carbons (Fsp3) is 0.550. The molecule has 1 heterocycles. The van der Waals surface area contributed by atoms with Crippen molar-refractivity contribution in [3.05, 3.63) is 29.3 Å². The lowest BCUT2D eigenvalue weighted by atomic mass is 10.1. The van der Waals surface area contributed by atoms with Crippen LogP contribution in [0.15, 0.2) is 18.2 Å². The van der Waals surface area contributed by atoms with Crippen LogP contribution in [0.25, 0.3) is 0 Å². The number of benzene rings is 1. The van der Waals surface area contributed by atoms with Crippen molar-refractivity contribution in [3.63, 3.8) is 0 Å². The summed E-state index contributed by atoms with van der Waals surface area (Å²) in [6.45, 7) is 10.1. The van der Waals surface area contributed by atoms with E-state index in [0.717, 1.165) is 11.1 Å². The molecule has 1 aliphatic rings. The van der Waals surface area contributed by atoms with Gasteiger partial charge in [-0.15, -0.1) is 0 Å². The van der Waals surface area contributed by atoms with Crippen molar-refractivity contribution in [1.29, 1.82) is 0 Å². The number of amides is 2. The van der Waals surface area contributed by atoms with Gasteiger partial charge in [0.15, 0.2) is 5.12 Å². The highest BCUT2D eigenvalue weighted by atomic mass is 32.2. The SMILES string of the molecule is CC(=O)SCC1CC(=O)N(Cc2cc(NC(=O)OC(C)(C)C)ccc2C)C1. The molecule has 0 bridgehead atoms. The fourth-order valence-electron chi connectivity index (χ4n) is 2.90. The van der Waals surface area contributed by atoms with Crippen molar-refractivity contribution in [2.75, 3.05) is 17.6 Å². The molecular weight excluding hydrogens is 364 g/mol. The van der Waals surface area contributed by atoms with Crippen LogP contribution < -0.4 is 5.32 Å². The van der Waals surface area contributed by atoms with Crippen molar-refractivity contribution in [2.45, 2.75) is 53.2 Å². The number of anilines is 1. The molecule has 1 aromatic rings. The Morgan fingerprint density at radius 2 is 2.04 bits per heavy atom. The Labute approximate surface area is 165 Å². The number of hydrogen-bond donors (Lipinski definition) is 1. The Kier molecular flexibility index (Phi) is 6.92. The molecule has 1 saturated heterocycles. The smallest absolute Gasteiger partial charge is 0.412 e. The Bertz CT molecular complexity index is 727. The molecule has 0 saturated carbocycles. The molecule has 1 aromatic carbocycles. The van der Waals surface area contributed by atoms with E-state index in [0.29, 0.717) is 31.0 Å². The first-order valence-corrected chi connectivity index (χ1v) is 10.0. The third-order valence-corrected chi connectivity index (χ3v) is 5.22. The van der Waals surface area contributed by atoms with E-state index in [9.17, 15) is 14.4 Å². The van der Waals surface area contributed by atoms with Gasteiger partial charge in [-0.3, -0.25) is 14.9 Å². The summed E-state index contributed by atoms with van der Waals surface area (Å²) in [7, 11) is 0. The van der Waals surface area contributed by atoms with E-state index in [1.54, 1.807) is 6.92 Å². The van der Waals surface area contributed by atoms with Gasteiger partial charge in [-0.25, -0.2) is 4.79 Å². The number of thioether (sulfide) groups is 1. The number of hydrogen-bond acceptors (Lipinski definition) is 5. The van der Waals surface area contributed by atoms with Crippen LogP contribution in [0.4, 0.5) is 10.5 Å². The largest absolute Gasteiger partial charge is 0.444 e. The van der Waals surface area contributed by atoms with Gasteiger partial charge >= 0.3 is 6.09 Å². The van der Waals surface area contributed by atoms with E-state index >= 15 is 0 Å². The van der Waals surface area contributed by atoms with Gasteiger partial charge in [-0.2, -0.15) is 0 Å². The molecule has 148 valence electrons. The van der Waals surface area contributed by atoms with Crippen LogP contribution in [0.1, 0.15) is 45.2 Å². The fourth-order valence-corrected chi connectivity index (χ4v) is 3.59. The normalized spacial score (nSPS) is 17.1. The van der Waals surface area contributed by atoms with Gasteiger partial charge in [-0.05, 0) is 56.9 Å². The predicted molar refractivity (Wildman–Crippen MR) is 108 cm³/mol. The van der Waals surface area contributed by atoms with Gasteiger partial charge in [0.05, 0.1) is 0 Å². The third kappa shape index (κ3) is 6.90. The summed E-state index contributed by atoms with van der Waals surface area (Å²) in [6, 6.07) is 5.62. The van der Waals surface area contributed by atoms with Crippen LogP contribution in [0, 0.1) is 12.8 Å². The van der Waals surface area contributed by atoms with Crippen LogP contribution in [0.2, 0.25) is 0 Å². The van der Waals surface area contributed by atoms with Gasteiger partial charge in [0, 0.05) is 37.9 Å². The average molecular weight is 393 g/mol. The molecule has 0 aliphatic carbocycles. The monoisotopic (exact) mass is 392 g/mol. The van der Waals surface area contributed by atoms with Crippen LogP contribution in [-0.4, -0.2) is 39.9 Å². The number of carbonyl (C=O) groups is 3. The maximum atomic E-state index is 12.3. The maximum absolute atomic E-state index is 12.3. The van der Waals surface area contributed by atoms with Gasteiger partial charge in [-0.1, -0.05) is 17.8 Å². The summed E-state index contributed by atoms with van der Waals surface area (Å²) in [5.74, 6) is 0.986. The van der Waals surface area contributed by atoms with Crippen molar-refractivity contribution < 1.29 is 19.1 Å². The molecule has 0 aromatic heterocycles. The number of likely N-dealkylation sites (tertiary alicyclic amines) is 1. The molecule has 1 aliphatic heterocycles. The first-order valence-electron chi connectivity index (χ1n) is 9.04. The second-order valence-corrected chi connectivity index (χ2v) is 9.11. The van der Waals surface area contributed by atoms with E-state index in [4.69, 9.17) is 4.74 Å². The molecule has 6 nitrogen and oxygen atoms in total. The van der Waals surface area contributed by atoms with E-state index in [-0.39, 0.29) is 16.9 Å². The minimum atomic E-state index is -0.563. The Balaban J connectivity index is 2.01. The van der Waals surface area contributed by atoms with Gasteiger partial charge in [0.1, 0.15) is 5.60 Å². The van der Waals surface area contributed by atoms with Gasteiger partial charge in [0.2, 0.25) is 5.91 Å². The van der Waals surface area contributed by atoms with Crippen LogP contribution >= 0.6 is 11.8 Å². The summed E-state index contributed by atoms with van der Waals surface area (Å²) in [5, 5.41) is 2.82. The van der Waals surface area contributed by atoms with Crippen molar-refractivity contribution in [3.8, 4) is 0 Å². The molecule has 1 N–H and O–H groups in total. The number of carbonyl (C=O) groups excluding carboxylic acids is 3. The zero-order valence-corrected chi connectivity index (χ0v) is 17.4. The highest BCUT2D eigenvalue weighted by Crippen LogP contribution is 2.26. The summed E-state index contributed by atoms with van der Waals surface area (Å²) in [6.07, 6.45) is -0.0225. The quantitative estimate of drug-likeness (QED) is 0.820. The van der Waals surface area contributed by atoms with Crippen LogP contribution in [-0.2, 0) is 20.9 Å². The summed E-state index contributed by atoms with van der Waals surface area (Å²) < 4.78 is 5.28. The zero-order chi connectivity index (χ0) is 20.2. The highest BCUT2D eigenvalue weighted by molar-refractivity contribution is 8.13. The minimum absolute atomic E-state index is 0.0812. The molecule has 2 rings (SSSR count). The molecule has 1 fully saturated rings. The Hall–Kier alpha value is -2.02. The van der Waals surface area contributed by atoms with Gasteiger partial charge in [0.25, 0.3) is 0 Å². The second kappa shape index (κ2) is 8.78. The summed E-state index contributed by atoms with van der Waals surface area (Å²) in [4.78, 5) is 37.2. The highest BCUT2D eigenvalue weighted by Gasteiger charge is 2.30. The lowest BCUT2D eigenvalue weighted by molar-refractivity contribution is -0.128. The molecular formula is C20H28N2O4S. The molecule has 1 atom stereocenters. The number of rotatable bonds is 5. The average Bonchev–Trinajstić information content (AvgIpc) is 2.87. The number of nitrogens with zero attached hydrogens (tertiary/aromatic N) is 1. The van der Waals surface area contributed by atoms with E-state index < -0.39 is 11.7 Å². The summed E-state index contributed by atoms with van der Waals surface area (Å²) >= 11 is 1.28. The second-order valence-electron chi connectivity index (χ2n) is 7.92. The van der Waals surface area contributed by atoms with Crippen LogP contribution in [0.5, 0.6) is 0 Å². The number of aryl methyl sites for hydroxylation is 1. The first kappa shape index (κ1) is 21.3. The molecule has 0 radical (unpaired) electrons. The number of nitrogens with one attached hydrogen (secondary N) is 1. The van der Waals surface area contributed by atoms with Crippen molar-refractivity contribution >= 4 is 34.6 Å². The molecule has 1 unspecified atom stereocenters. The zero-order valence-electron chi connectivity index (χ0n) is 16.6. The van der Waals surface area contributed by atoms with Crippen molar-refractivity contribution in [2.24, 2.45) is 5.92 Å². The predicted octanol–water partition coefficient (Wildman–Crippen LogP) is 3.97. The third-order valence-electron chi connectivity index (χ3n) is 4.17. The molecule has 0 spiro atoms. The van der Waals surface area contributed by atoms with E-state index in [2.05, 4.69) is 5.32 Å². The molecule has 7 heteroatoms. The molecule has 27 heavy (non-hydrogen) atoms. The molecule has 2 amide bonds. The standard InChI is InChI=1S/C20H28N2O4S/c1-13-6-7-17(21-19(25)26-20(3,4)5)9-16(13)11-22-10-15(8-18(22)24)12-27-14(2)23/h6-7,9,15H,8,10-12H2,1-5H3,(H,21,25). The van der Waals surface area contributed by atoms with Crippen LogP contribution in [0.3, 0.4) is 0 Å². The van der Waals surface area contributed by atoms with Gasteiger partial charge < -0.3 is 9.64 Å². The first-order chi connectivity index (χ1) is 12.5. The lowest BCUT2D eigenvalue weighted by Crippen LogP contribution is -2.27. The number of ether oxygens (including phenoxy) is 1. The van der Waals surface area contributed by atoms with E-state index in [1.807, 2.05) is 50.8 Å².